The summed E-state index contributed by atoms with van der Waals surface area (Å²) in [6, 6.07) is 23.4. The number of ether oxygens (including phenoxy) is 1. The quantitative estimate of drug-likeness (QED) is 0.416. The Labute approximate surface area is 185 Å². The van der Waals surface area contributed by atoms with E-state index >= 15 is 0 Å². The molecule has 0 fully saturated rings. The summed E-state index contributed by atoms with van der Waals surface area (Å²) in [5, 5.41) is 6.79. The van der Waals surface area contributed by atoms with Gasteiger partial charge in [0.15, 0.2) is 0 Å². The fourth-order valence-corrected chi connectivity index (χ4v) is 3.10. The van der Waals surface area contributed by atoms with Crippen LogP contribution in [0.1, 0.15) is 23.4 Å². The lowest BCUT2D eigenvalue weighted by molar-refractivity contribution is -0.121. The van der Waals surface area contributed by atoms with E-state index in [9.17, 15) is 9.18 Å². The molecule has 0 radical (unpaired) electrons. The number of para-hydroxylation sites is 1. The number of benzene rings is 3. The molecule has 4 rings (SSSR count). The zero-order valence-corrected chi connectivity index (χ0v) is 17.3. The molecule has 162 valence electrons. The van der Waals surface area contributed by atoms with Gasteiger partial charge in [0.1, 0.15) is 18.2 Å². The van der Waals surface area contributed by atoms with E-state index in [1.165, 1.54) is 12.1 Å². The van der Waals surface area contributed by atoms with Gasteiger partial charge < -0.3 is 14.6 Å². The molecule has 1 amide bonds. The lowest BCUT2D eigenvalue weighted by Gasteiger charge is -2.12. The summed E-state index contributed by atoms with van der Waals surface area (Å²) in [6.45, 7) is 0.813. The van der Waals surface area contributed by atoms with Gasteiger partial charge in [-0.3, -0.25) is 4.79 Å². The molecule has 6 nitrogen and oxygen atoms in total. The fraction of sp³-hybridized carbons (Fsp3) is 0.160. The predicted molar refractivity (Wildman–Crippen MR) is 117 cm³/mol. The number of halogens is 1. The minimum absolute atomic E-state index is 0.135. The molecule has 3 aromatic carbocycles. The van der Waals surface area contributed by atoms with Crippen LogP contribution in [0, 0.1) is 5.82 Å². The second kappa shape index (κ2) is 10.3. The predicted octanol–water partition coefficient (Wildman–Crippen LogP) is 4.70. The van der Waals surface area contributed by atoms with Crippen LogP contribution in [0.2, 0.25) is 0 Å². The normalized spacial score (nSPS) is 10.7. The van der Waals surface area contributed by atoms with Crippen molar-refractivity contribution in [3.05, 3.63) is 102 Å². The van der Waals surface area contributed by atoms with E-state index in [-0.39, 0.29) is 18.1 Å². The van der Waals surface area contributed by atoms with E-state index < -0.39 is 0 Å². The number of hydrogen-bond donors (Lipinski definition) is 1. The maximum atomic E-state index is 13.0. The summed E-state index contributed by atoms with van der Waals surface area (Å²) in [5.41, 5.74) is 2.62. The Bertz CT molecular complexity index is 1160. The number of nitrogens with one attached hydrogen (secondary N) is 1. The van der Waals surface area contributed by atoms with E-state index in [2.05, 4.69) is 15.5 Å². The topological polar surface area (TPSA) is 77.2 Å². The van der Waals surface area contributed by atoms with E-state index in [0.717, 1.165) is 16.9 Å². The van der Waals surface area contributed by atoms with Gasteiger partial charge in [-0.05, 0) is 35.9 Å². The average molecular weight is 431 g/mol. The molecular formula is C25H22FN3O3. The van der Waals surface area contributed by atoms with E-state index in [4.69, 9.17) is 9.26 Å². The van der Waals surface area contributed by atoms with Gasteiger partial charge in [0, 0.05) is 30.5 Å². The Morgan fingerprint density at radius 2 is 1.72 bits per heavy atom. The van der Waals surface area contributed by atoms with Crippen molar-refractivity contribution >= 4 is 5.91 Å². The number of rotatable bonds is 9. The van der Waals surface area contributed by atoms with Crippen LogP contribution in [0.3, 0.4) is 0 Å². The van der Waals surface area contributed by atoms with Crippen LogP contribution < -0.4 is 10.1 Å². The van der Waals surface area contributed by atoms with E-state index in [1.54, 1.807) is 12.1 Å². The number of nitrogens with zero attached hydrogens (tertiary/aromatic N) is 2. The fourth-order valence-electron chi connectivity index (χ4n) is 3.10. The highest BCUT2D eigenvalue weighted by atomic mass is 19.1. The van der Waals surface area contributed by atoms with Crippen LogP contribution in [0.15, 0.2) is 83.4 Å². The number of hydrogen-bond acceptors (Lipinski definition) is 5. The maximum absolute atomic E-state index is 13.0. The minimum Gasteiger partial charge on any atom is -0.489 e. The molecule has 0 atom stereocenters. The summed E-state index contributed by atoms with van der Waals surface area (Å²) >= 11 is 0. The van der Waals surface area contributed by atoms with Crippen molar-refractivity contribution in [3.8, 4) is 17.1 Å². The molecule has 1 aromatic heterocycles. The van der Waals surface area contributed by atoms with Gasteiger partial charge >= 0.3 is 0 Å². The Morgan fingerprint density at radius 3 is 2.53 bits per heavy atom. The van der Waals surface area contributed by atoms with Gasteiger partial charge in [-0.15, -0.1) is 0 Å². The second-order valence-corrected chi connectivity index (χ2v) is 7.18. The van der Waals surface area contributed by atoms with Crippen molar-refractivity contribution in [2.75, 3.05) is 0 Å². The first kappa shape index (κ1) is 21.2. The molecule has 0 saturated heterocycles. The molecule has 1 N–H and O–H groups in total. The molecule has 0 saturated carbocycles. The molecule has 0 bridgehead atoms. The van der Waals surface area contributed by atoms with E-state index in [1.807, 2.05) is 54.6 Å². The Hall–Kier alpha value is -4.00. The Balaban J connectivity index is 1.27. The monoisotopic (exact) mass is 431 g/mol. The average Bonchev–Trinajstić information content (AvgIpc) is 3.31. The molecule has 0 unspecified atom stereocenters. The summed E-state index contributed by atoms with van der Waals surface area (Å²) in [6.07, 6.45) is 0.518. The summed E-state index contributed by atoms with van der Waals surface area (Å²) in [5.74, 6) is 0.985. The summed E-state index contributed by atoms with van der Waals surface area (Å²) < 4.78 is 24.2. The number of aromatic nitrogens is 2. The SMILES string of the molecule is O=C(CCc1nc(-c2ccc(F)cc2)no1)NCc1ccccc1OCc1ccccc1. The largest absolute Gasteiger partial charge is 0.489 e. The standard InChI is InChI=1S/C25H22FN3O3/c26-21-12-10-19(11-13-21)25-28-24(32-29-25)15-14-23(30)27-16-20-8-4-5-9-22(20)31-17-18-6-2-1-3-7-18/h1-13H,14-17H2,(H,27,30). The van der Waals surface area contributed by atoms with Crippen molar-refractivity contribution in [2.24, 2.45) is 0 Å². The highest BCUT2D eigenvalue weighted by Crippen LogP contribution is 2.20. The molecule has 0 spiro atoms. The van der Waals surface area contributed by atoms with Crippen LogP contribution in [0.4, 0.5) is 4.39 Å². The van der Waals surface area contributed by atoms with Crippen molar-refractivity contribution in [1.82, 2.24) is 15.5 Å². The van der Waals surface area contributed by atoms with Gasteiger partial charge in [-0.1, -0.05) is 53.7 Å². The Morgan fingerprint density at radius 1 is 0.969 bits per heavy atom. The van der Waals surface area contributed by atoms with Gasteiger partial charge in [-0.25, -0.2) is 4.39 Å². The number of carbonyl (C=O) groups excluding carboxylic acids is 1. The molecule has 0 aliphatic carbocycles. The Kier molecular flexibility index (Phi) is 6.87. The highest BCUT2D eigenvalue weighted by molar-refractivity contribution is 5.76. The van der Waals surface area contributed by atoms with Gasteiger partial charge in [0.25, 0.3) is 0 Å². The number of amides is 1. The first-order valence-corrected chi connectivity index (χ1v) is 10.3. The van der Waals surface area contributed by atoms with Gasteiger partial charge in [0.2, 0.25) is 17.6 Å². The number of carbonyl (C=O) groups is 1. The number of aryl methyl sites for hydroxylation is 1. The summed E-state index contributed by atoms with van der Waals surface area (Å²) in [7, 11) is 0. The van der Waals surface area contributed by atoms with Gasteiger partial charge in [-0.2, -0.15) is 4.98 Å². The third kappa shape index (κ3) is 5.78. The zero-order chi connectivity index (χ0) is 22.2. The van der Waals surface area contributed by atoms with Crippen LogP contribution in [-0.2, 0) is 24.4 Å². The van der Waals surface area contributed by atoms with Crippen LogP contribution in [-0.4, -0.2) is 16.0 Å². The zero-order valence-electron chi connectivity index (χ0n) is 17.3. The van der Waals surface area contributed by atoms with Crippen molar-refractivity contribution in [3.63, 3.8) is 0 Å². The molecule has 0 aliphatic heterocycles. The molecule has 32 heavy (non-hydrogen) atoms. The maximum Gasteiger partial charge on any atom is 0.227 e. The molecule has 7 heteroatoms. The lowest BCUT2D eigenvalue weighted by Crippen LogP contribution is -2.23. The van der Waals surface area contributed by atoms with E-state index in [0.29, 0.717) is 36.9 Å². The molecule has 4 aromatic rings. The highest BCUT2D eigenvalue weighted by Gasteiger charge is 2.12. The van der Waals surface area contributed by atoms with Crippen LogP contribution in [0.5, 0.6) is 5.75 Å². The van der Waals surface area contributed by atoms with Gasteiger partial charge in [0.05, 0.1) is 0 Å². The smallest absolute Gasteiger partial charge is 0.227 e. The molecule has 0 aliphatic rings. The van der Waals surface area contributed by atoms with Crippen LogP contribution in [0.25, 0.3) is 11.4 Å². The first-order valence-electron chi connectivity index (χ1n) is 10.3. The molecular weight excluding hydrogens is 409 g/mol. The third-order valence-corrected chi connectivity index (χ3v) is 4.82. The molecule has 1 heterocycles. The second-order valence-electron chi connectivity index (χ2n) is 7.18. The van der Waals surface area contributed by atoms with Crippen molar-refractivity contribution < 1.29 is 18.4 Å². The van der Waals surface area contributed by atoms with Crippen LogP contribution >= 0.6 is 0 Å². The summed E-state index contributed by atoms with van der Waals surface area (Å²) in [4.78, 5) is 16.6. The lowest BCUT2D eigenvalue weighted by atomic mass is 10.2. The minimum atomic E-state index is -0.332. The first-order chi connectivity index (χ1) is 15.7. The third-order valence-electron chi connectivity index (χ3n) is 4.82. The van der Waals surface area contributed by atoms with Crippen molar-refractivity contribution in [2.45, 2.75) is 26.0 Å². The van der Waals surface area contributed by atoms with Crippen molar-refractivity contribution in [1.29, 1.82) is 0 Å².